The average molecular weight is 250 g/mol. The Morgan fingerprint density at radius 1 is 1.06 bits per heavy atom. The molecule has 0 aliphatic carbocycles. The van der Waals surface area contributed by atoms with E-state index in [1.807, 2.05) is 13.0 Å². The minimum absolute atomic E-state index is 0.134. The molecular formula is C15H22O3. The van der Waals surface area contributed by atoms with Crippen LogP contribution in [0.2, 0.25) is 0 Å². The number of hydrogen-bond donors (Lipinski definition) is 1. The molecule has 3 nitrogen and oxygen atoms in total. The van der Waals surface area contributed by atoms with Crippen LogP contribution in [-0.4, -0.2) is 22.9 Å². The van der Waals surface area contributed by atoms with Gasteiger partial charge in [-0.15, -0.1) is 0 Å². The highest BCUT2D eigenvalue weighted by atomic mass is 17.2. The van der Waals surface area contributed by atoms with Crippen molar-refractivity contribution in [3.63, 3.8) is 0 Å². The van der Waals surface area contributed by atoms with Crippen molar-refractivity contribution >= 4 is 0 Å². The maximum absolute atomic E-state index is 9.03. The molecule has 18 heavy (non-hydrogen) atoms. The van der Waals surface area contributed by atoms with Crippen molar-refractivity contribution < 1.29 is 14.9 Å². The van der Waals surface area contributed by atoms with Gasteiger partial charge in [-0.3, -0.25) is 0 Å². The van der Waals surface area contributed by atoms with Crippen LogP contribution in [0.15, 0.2) is 30.3 Å². The van der Waals surface area contributed by atoms with Crippen LogP contribution in [0.4, 0.5) is 0 Å². The van der Waals surface area contributed by atoms with Crippen molar-refractivity contribution in [2.45, 2.75) is 50.7 Å². The van der Waals surface area contributed by atoms with Crippen LogP contribution in [0.5, 0.6) is 0 Å². The van der Waals surface area contributed by atoms with E-state index in [9.17, 15) is 0 Å². The third kappa shape index (κ3) is 3.31. The first-order valence-corrected chi connectivity index (χ1v) is 6.57. The molecular weight excluding hydrogens is 228 g/mol. The van der Waals surface area contributed by atoms with Crippen LogP contribution in [0.3, 0.4) is 0 Å². The third-order valence-electron chi connectivity index (χ3n) is 3.62. The average Bonchev–Trinajstić information content (AvgIpc) is 2.66. The summed E-state index contributed by atoms with van der Waals surface area (Å²) in [6.07, 6.45) is 3.36. The fourth-order valence-electron chi connectivity index (χ4n) is 2.60. The summed E-state index contributed by atoms with van der Waals surface area (Å²) in [5.41, 5.74) is 0.720. The van der Waals surface area contributed by atoms with Crippen LogP contribution in [-0.2, 0) is 16.2 Å². The van der Waals surface area contributed by atoms with E-state index >= 15 is 0 Å². The number of rotatable bonds is 5. The first kappa shape index (κ1) is 13.5. The van der Waals surface area contributed by atoms with Crippen molar-refractivity contribution in [1.29, 1.82) is 0 Å². The Morgan fingerprint density at radius 3 is 2.28 bits per heavy atom. The van der Waals surface area contributed by atoms with Crippen molar-refractivity contribution in [3.05, 3.63) is 35.9 Å². The Kier molecular flexibility index (Phi) is 4.05. The SMILES string of the molecule is CC1(CCO)CC(C)(CCc2ccccc2)OO1. The molecule has 1 saturated heterocycles. The molecule has 1 N–H and O–H groups in total. The molecule has 1 heterocycles. The molecule has 1 aliphatic rings. The lowest BCUT2D eigenvalue weighted by molar-refractivity contribution is -0.346. The van der Waals surface area contributed by atoms with Crippen LogP contribution < -0.4 is 0 Å². The van der Waals surface area contributed by atoms with Gasteiger partial charge >= 0.3 is 0 Å². The maximum Gasteiger partial charge on any atom is 0.106 e. The monoisotopic (exact) mass is 250 g/mol. The van der Waals surface area contributed by atoms with Gasteiger partial charge in [-0.2, -0.15) is 0 Å². The highest BCUT2D eigenvalue weighted by Crippen LogP contribution is 2.40. The Labute approximate surface area is 109 Å². The van der Waals surface area contributed by atoms with Gasteiger partial charge in [-0.25, -0.2) is 9.78 Å². The molecule has 1 aromatic rings. The Hall–Kier alpha value is -0.900. The van der Waals surface area contributed by atoms with Crippen LogP contribution >= 0.6 is 0 Å². The molecule has 0 spiro atoms. The normalized spacial score (nSPS) is 31.7. The van der Waals surface area contributed by atoms with Crippen molar-refractivity contribution in [1.82, 2.24) is 0 Å². The lowest BCUT2D eigenvalue weighted by atomic mass is 9.85. The first-order chi connectivity index (χ1) is 8.55. The second-order valence-electron chi connectivity index (χ2n) is 5.70. The van der Waals surface area contributed by atoms with Gasteiger partial charge in [0.15, 0.2) is 0 Å². The predicted molar refractivity (Wildman–Crippen MR) is 70.1 cm³/mol. The third-order valence-corrected chi connectivity index (χ3v) is 3.62. The van der Waals surface area contributed by atoms with E-state index in [0.29, 0.717) is 6.42 Å². The number of aryl methyl sites for hydroxylation is 1. The fraction of sp³-hybridized carbons (Fsp3) is 0.600. The van der Waals surface area contributed by atoms with Crippen molar-refractivity contribution in [3.8, 4) is 0 Å². The summed E-state index contributed by atoms with van der Waals surface area (Å²) in [6, 6.07) is 10.4. The number of benzene rings is 1. The van der Waals surface area contributed by atoms with E-state index in [1.165, 1.54) is 5.56 Å². The highest BCUT2D eigenvalue weighted by molar-refractivity contribution is 5.15. The van der Waals surface area contributed by atoms with E-state index in [0.717, 1.165) is 19.3 Å². The molecule has 0 bridgehead atoms. The van der Waals surface area contributed by atoms with E-state index in [2.05, 4.69) is 31.2 Å². The number of hydrogen-bond acceptors (Lipinski definition) is 3. The molecule has 2 atom stereocenters. The van der Waals surface area contributed by atoms with Crippen molar-refractivity contribution in [2.24, 2.45) is 0 Å². The summed E-state index contributed by atoms with van der Waals surface area (Å²) in [7, 11) is 0. The molecule has 0 amide bonds. The molecule has 0 radical (unpaired) electrons. The fourth-order valence-corrected chi connectivity index (χ4v) is 2.60. The molecule has 1 aliphatic heterocycles. The standard InChI is InChI=1S/C15H22O3/c1-14(9-8-13-6-4-3-5-7-13)12-15(2,10-11-16)18-17-14/h3-7,16H,8-12H2,1-2H3. The quantitative estimate of drug-likeness (QED) is 0.817. The van der Waals surface area contributed by atoms with Crippen LogP contribution in [0.25, 0.3) is 0 Å². The summed E-state index contributed by atoms with van der Waals surface area (Å²) < 4.78 is 0. The molecule has 1 aromatic carbocycles. The summed E-state index contributed by atoms with van der Waals surface area (Å²) in [5.74, 6) is 0. The second kappa shape index (κ2) is 5.39. The molecule has 1 fully saturated rings. The zero-order valence-corrected chi connectivity index (χ0v) is 11.2. The minimum Gasteiger partial charge on any atom is -0.396 e. The van der Waals surface area contributed by atoms with Crippen LogP contribution in [0, 0.1) is 0 Å². The lowest BCUT2D eigenvalue weighted by Crippen LogP contribution is -2.29. The predicted octanol–water partition coefficient (Wildman–Crippen LogP) is 2.87. The summed E-state index contributed by atoms with van der Waals surface area (Å²) in [5, 5.41) is 9.03. The molecule has 0 aromatic heterocycles. The van der Waals surface area contributed by atoms with Gasteiger partial charge in [0.2, 0.25) is 0 Å². The first-order valence-electron chi connectivity index (χ1n) is 6.57. The molecule has 3 heteroatoms. The van der Waals surface area contributed by atoms with E-state index in [1.54, 1.807) is 0 Å². The minimum atomic E-state index is -0.347. The topological polar surface area (TPSA) is 38.7 Å². The van der Waals surface area contributed by atoms with E-state index in [-0.39, 0.29) is 17.8 Å². The van der Waals surface area contributed by atoms with Crippen molar-refractivity contribution in [2.75, 3.05) is 6.61 Å². The van der Waals surface area contributed by atoms with E-state index in [4.69, 9.17) is 14.9 Å². The summed E-state index contributed by atoms with van der Waals surface area (Å²) in [6.45, 7) is 4.21. The largest absolute Gasteiger partial charge is 0.396 e. The zero-order chi connectivity index (χ0) is 13.1. The Morgan fingerprint density at radius 2 is 1.67 bits per heavy atom. The smallest absolute Gasteiger partial charge is 0.106 e. The van der Waals surface area contributed by atoms with Gasteiger partial charge < -0.3 is 5.11 Å². The molecule has 100 valence electrons. The van der Waals surface area contributed by atoms with Gasteiger partial charge in [0.05, 0.1) is 0 Å². The van der Waals surface area contributed by atoms with Gasteiger partial charge in [0.25, 0.3) is 0 Å². The number of aliphatic hydroxyl groups is 1. The van der Waals surface area contributed by atoms with E-state index < -0.39 is 0 Å². The van der Waals surface area contributed by atoms with Gasteiger partial charge in [-0.1, -0.05) is 30.3 Å². The Balaban J connectivity index is 1.90. The lowest BCUT2D eigenvalue weighted by Gasteiger charge is -2.22. The summed E-state index contributed by atoms with van der Waals surface area (Å²) in [4.78, 5) is 10.9. The maximum atomic E-state index is 9.03. The van der Waals surface area contributed by atoms with Crippen LogP contribution in [0.1, 0.15) is 38.7 Å². The molecule has 0 saturated carbocycles. The molecule has 2 unspecified atom stereocenters. The zero-order valence-electron chi connectivity index (χ0n) is 11.2. The second-order valence-corrected chi connectivity index (χ2v) is 5.70. The molecule has 2 rings (SSSR count). The van der Waals surface area contributed by atoms with Gasteiger partial charge in [-0.05, 0) is 32.3 Å². The van der Waals surface area contributed by atoms with Gasteiger partial charge in [0, 0.05) is 19.4 Å². The summed E-state index contributed by atoms with van der Waals surface area (Å²) >= 11 is 0. The highest BCUT2D eigenvalue weighted by Gasteiger charge is 2.45. The Bertz CT molecular complexity index is 379. The number of aliphatic hydroxyl groups excluding tert-OH is 1. The van der Waals surface area contributed by atoms with Gasteiger partial charge in [0.1, 0.15) is 11.2 Å².